The van der Waals surface area contributed by atoms with Gasteiger partial charge in [0.2, 0.25) is 11.8 Å². The van der Waals surface area contributed by atoms with Gasteiger partial charge in [-0.05, 0) is 68.9 Å². The number of nitrogens with zero attached hydrogens (tertiary/aromatic N) is 1. The summed E-state index contributed by atoms with van der Waals surface area (Å²) in [5.74, 6) is 0.271. The van der Waals surface area contributed by atoms with Crippen LogP contribution in [0.3, 0.4) is 0 Å². The van der Waals surface area contributed by atoms with E-state index in [4.69, 9.17) is 9.47 Å². The van der Waals surface area contributed by atoms with Crippen LogP contribution in [0.2, 0.25) is 0 Å². The van der Waals surface area contributed by atoms with Gasteiger partial charge >= 0.3 is 5.97 Å². The van der Waals surface area contributed by atoms with Crippen LogP contribution in [0.15, 0.2) is 24.3 Å². The molecule has 2 amide bonds. The van der Waals surface area contributed by atoms with Crippen LogP contribution in [0.25, 0.3) is 0 Å². The molecular weight excluding hydrogens is 410 g/mol. The van der Waals surface area contributed by atoms with Gasteiger partial charge in [-0.2, -0.15) is 0 Å². The highest BCUT2D eigenvalue weighted by Gasteiger charge is 2.61. The Morgan fingerprint density at radius 1 is 0.969 bits per heavy atom. The lowest BCUT2D eigenvalue weighted by atomic mass is 9.81. The molecule has 3 aliphatic carbocycles. The number of ether oxygens (including phenoxy) is 2. The minimum absolute atomic E-state index is 0.0297. The second kappa shape index (κ2) is 8.34. The lowest BCUT2D eigenvalue weighted by Gasteiger charge is -2.33. The van der Waals surface area contributed by atoms with Gasteiger partial charge in [0.05, 0.1) is 24.9 Å². The number of likely N-dealkylation sites (tertiary alicyclic amines) is 1. The SMILES string of the molecule is COc1cccc(C(=O)COC(=O)C2CCC(N3C(=O)[C@@H]4[C@@H]5CC[C@@H](C5)[C@@H]4C3=O)CC2)c1. The van der Waals surface area contributed by atoms with Crippen molar-refractivity contribution in [1.29, 1.82) is 0 Å². The Labute approximate surface area is 187 Å². The van der Waals surface area contributed by atoms with Gasteiger partial charge < -0.3 is 9.47 Å². The molecule has 4 atom stereocenters. The van der Waals surface area contributed by atoms with Crippen LogP contribution in [0.5, 0.6) is 5.75 Å². The number of methoxy groups -OCH3 is 1. The molecule has 170 valence electrons. The summed E-state index contributed by atoms with van der Waals surface area (Å²) < 4.78 is 10.4. The molecule has 1 heterocycles. The smallest absolute Gasteiger partial charge is 0.309 e. The zero-order valence-electron chi connectivity index (χ0n) is 18.3. The highest BCUT2D eigenvalue weighted by atomic mass is 16.5. The molecule has 3 saturated carbocycles. The standard InChI is InChI=1S/C25H29NO6/c1-31-19-4-2-3-15(12-19)20(27)13-32-25(30)14-7-9-18(10-8-14)26-23(28)21-16-5-6-17(11-16)22(21)24(26)29/h2-4,12,14,16-18,21-22H,5-11,13H2,1H3/t14?,16-,17+,18?,21-,22+. The van der Waals surface area contributed by atoms with E-state index in [0.29, 0.717) is 48.8 Å². The average molecular weight is 440 g/mol. The normalized spacial score (nSPS) is 33.3. The number of imide groups is 1. The van der Waals surface area contributed by atoms with Gasteiger partial charge in [0.15, 0.2) is 12.4 Å². The Balaban J connectivity index is 1.13. The molecule has 1 saturated heterocycles. The molecule has 1 aliphatic heterocycles. The predicted octanol–water partition coefficient (Wildman–Crippen LogP) is 3.01. The quantitative estimate of drug-likeness (QED) is 0.385. The van der Waals surface area contributed by atoms with Gasteiger partial charge in [-0.15, -0.1) is 0 Å². The molecule has 32 heavy (non-hydrogen) atoms. The Morgan fingerprint density at radius 2 is 1.62 bits per heavy atom. The first kappa shape index (κ1) is 21.2. The summed E-state index contributed by atoms with van der Waals surface area (Å²) in [6.45, 7) is -0.304. The van der Waals surface area contributed by atoms with E-state index in [0.717, 1.165) is 19.3 Å². The van der Waals surface area contributed by atoms with Gasteiger partial charge in [-0.3, -0.25) is 24.1 Å². The Kier molecular flexibility index (Phi) is 5.51. The van der Waals surface area contributed by atoms with Crippen molar-refractivity contribution in [2.75, 3.05) is 13.7 Å². The summed E-state index contributed by atoms with van der Waals surface area (Å²) in [5, 5.41) is 0. The van der Waals surface area contributed by atoms with Crippen molar-refractivity contribution in [2.45, 2.75) is 51.0 Å². The van der Waals surface area contributed by atoms with Crippen molar-refractivity contribution in [3.8, 4) is 5.75 Å². The van der Waals surface area contributed by atoms with Crippen LogP contribution in [0.1, 0.15) is 55.3 Å². The molecule has 0 spiro atoms. The van der Waals surface area contributed by atoms with E-state index in [-0.39, 0.29) is 54.0 Å². The van der Waals surface area contributed by atoms with Gasteiger partial charge in [0.25, 0.3) is 0 Å². The van der Waals surface area contributed by atoms with Crippen molar-refractivity contribution in [1.82, 2.24) is 4.90 Å². The molecule has 4 fully saturated rings. The number of carbonyl (C=O) groups is 4. The van der Waals surface area contributed by atoms with Crippen molar-refractivity contribution < 1.29 is 28.7 Å². The van der Waals surface area contributed by atoms with Crippen molar-refractivity contribution >= 4 is 23.6 Å². The Morgan fingerprint density at radius 3 is 2.25 bits per heavy atom. The number of amides is 2. The molecule has 4 aliphatic rings. The number of carbonyl (C=O) groups excluding carboxylic acids is 4. The summed E-state index contributed by atoms with van der Waals surface area (Å²) >= 11 is 0. The molecular formula is C25H29NO6. The minimum Gasteiger partial charge on any atom is -0.497 e. The molecule has 7 nitrogen and oxygen atoms in total. The van der Waals surface area contributed by atoms with E-state index in [1.165, 1.54) is 7.11 Å². The molecule has 1 aromatic rings. The Bertz CT molecular complexity index is 922. The van der Waals surface area contributed by atoms with Crippen molar-refractivity contribution in [3.63, 3.8) is 0 Å². The summed E-state index contributed by atoms with van der Waals surface area (Å²) in [6.07, 6.45) is 5.56. The number of benzene rings is 1. The van der Waals surface area contributed by atoms with Gasteiger partial charge in [0, 0.05) is 11.6 Å². The number of fused-ring (bicyclic) bond motifs is 5. The number of hydrogen-bond donors (Lipinski definition) is 0. The zero-order valence-corrected chi connectivity index (χ0v) is 18.3. The second-order valence-electron chi connectivity index (χ2n) is 9.70. The predicted molar refractivity (Wildman–Crippen MR) is 114 cm³/mol. The van der Waals surface area contributed by atoms with E-state index < -0.39 is 0 Å². The highest BCUT2D eigenvalue weighted by molar-refractivity contribution is 6.06. The molecule has 0 radical (unpaired) electrons. The van der Waals surface area contributed by atoms with E-state index in [2.05, 4.69) is 0 Å². The van der Waals surface area contributed by atoms with Crippen molar-refractivity contribution in [2.24, 2.45) is 29.6 Å². The van der Waals surface area contributed by atoms with Crippen LogP contribution in [-0.2, 0) is 19.1 Å². The molecule has 5 rings (SSSR count). The number of Topliss-reactive ketones (excluding diaryl/α,β-unsaturated/α-hetero) is 1. The summed E-state index contributed by atoms with van der Waals surface area (Å²) in [7, 11) is 1.53. The van der Waals surface area contributed by atoms with Crippen molar-refractivity contribution in [3.05, 3.63) is 29.8 Å². The summed E-state index contributed by atoms with van der Waals surface area (Å²) in [6, 6.07) is 6.63. The van der Waals surface area contributed by atoms with Crippen LogP contribution >= 0.6 is 0 Å². The fourth-order valence-corrected chi connectivity index (χ4v) is 6.50. The third kappa shape index (κ3) is 3.51. The summed E-state index contributed by atoms with van der Waals surface area (Å²) in [4.78, 5) is 52.5. The van der Waals surface area contributed by atoms with Crippen LogP contribution in [0.4, 0.5) is 0 Å². The largest absolute Gasteiger partial charge is 0.497 e. The number of rotatable bonds is 6. The fraction of sp³-hybridized carbons (Fsp3) is 0.600. The van der Waals surface area contributed by atoms with Crippen LogP contribution in [-0.4, -0.2) is 48.2 Å². The third-order valence-electron chi connectivity index (χ3n) is 8.09. The Hall–Kier alpha value is -2.70. The lowest BCUT2D eigenvalue weighted by Crippen LogP contribution is -2.44. The monoisotopic (exact) mass is 439 g/mol. The molecule has 7 heteroatoms. The first-order valence-electron chi connectivity index (χ1n) is 11.7. The van der Waals surface area contributed by atoms with E-state index in [1.807, 2.05) is 0 Å². The molecule has 1 aromatic carbocycles. The number of esters is 1. The minimum atomic E-state index is -0.381. The topological polar surface area (TPSA) is 90.0 Å². The second-order valence-corrected chi connectivity index (χ2v) is 9.70. The zero-order chi connectivity index (χ0) is 22.4. The maximum absolute atomic E-state index is 13.0. The maximum atomic E-state index is 13.0. The molecule has 2 bridgehead atoms. The van der Waals surface area contributed by atoms with Gasteiger partial charge in [-0.25, -0.2) is 0 Å². The first-order chi connectivity index (χ1) is 15.5. The van der Waals surface area contributed by atoms with Gasteiger partial charge in [-0.1, -0.05) is 12.1 Å². The molecule has 0 N–H and O–H groups in total. The first-order valence-corrected chi connectivity index (χ1v) is 11.7. The third-order valence-corrected chi connectivity index (χ3v) is 8.09. The van der Waals surface area contributed by atoms with E-state index in [1.54, 1.807) is 29.2 Å². The molecule has 0 aromatic heterocycles. The highest BCUT2D eigenvalue weighted by Crippen LogP contribution is 2.56. The average Bonchev–Trinajstić information content (AvgIpc) is 3.51. The fourth-order valence-electron chi connectivity index (χ4n) is 6.50. The van der Waals surface area contributed by atoms with Gasteiger partial charge in [0.1, 0.15) is 5.75 Å². The van der Waals surface area contributed by atoms with Crippen LogP contribution < -0.4 is 4.74 Å². The van der Waals surface area contributed by atoms with Crippen LogP contribution in [0, 0.1) is 29.6 Å². The summed E-state index contributed by atoms with van der Waals surface area (Å²) in [5.41, 5.74) is 0.437. The number of hydrogen-bond acceptors (Lipinski definition) is 6. The lowest BCUT2D eigenvalue weighted by molar-refractivity contribution is -0.149. The molecule has 0 unspecified atom stereocenters. The maximum Gasteiger partial charge on any atom is 0.309 e. The van der Waals surface area contributed by atoms with E-state index >= 15 is 0 Å². The van der Waals surface area contributed by atoms with E-state index in [9.17, 15) is 19.2 Å². The number of ketones is 1.